The minimum atomic E-state index is -0.578. The molecule has 7 nitrogen and oxygen atoms in total. The van der Waals surface area contributed by atoms with Gasteiger partial charge < -0.3 is 10.7 Å². The Kier molecular flexibility index (Phi) is 3.39. The number of hydrogen-bond acceptors (Lipinski definition) is 4. The predicted octanol–water partition coefficient (Wildman–Crippen LogP) is 2.46. The molecule has 4 N–H and O–H groups in total. The van der Waals surface area contributed by atoms with Crippen LogP contribution in [0.4, 0.5) is 5.95 Å². The second-order valence-corrected chi connectivity index (χ2v) is 5.52. The van der Waals surface area contributed by atoms with Crippen LogP contribution in [0.25, 0.3) is 21.8 Å². The summed E-state index contributed by atoms with van der Waals surface area (Å²) in [6.07, 6.45) is 1.65. The van der Waals surface area contributed by atoms with Crippen LogP contribution >= 0.6 is 0 Å². The molecular weight excluding hydrogens is 318 g/mol. The molecule has 0 unspecified atom stereocenters. The van der Waals surface area contributed by atoms with Crippen molar-refractivity contribution in [2.75, 3.05) is 5.32 Å². The maximum Gasteiger partial charge on any atom is 0.276 e. The van der Waals surface area contributed by atoms with Gasteiger partial charge in [-0.3, -0.25) is 19.9 Å². The summed E-state index contributed by atoms with van der Waals surface area (Å²) in [5, 5.41) is 4.53. The number of pyridine rings is 1. The smallest absolute Gasteiger partial charge is 0.276 e. The van der Waals surface area contributed by atoms with Gasteiger partial charge in [0.1, 0.15) is 11.2 Å². The molecule has 25 heavy (non-hydrogen) atoms. The minimum Gasteiger partial charge on any atom is -0.366 e. The van der Waals surface area contributed by atoms with E-state index in [1.807, 2.05) is 24.3 Å². The number of hydrogen-bond donors (Lipinski definition) is 3. The fraction of sp³-hybridized carbons (Fsp3) is 0. The number of nitrogens with one attached hydrogen (secondary N) is 2. The number of H-pyrrole nitrogens is 1. The Morgan fingerprint density at radius 3 is 2.64 bits per heavy atom. The summed E-state index contributed by atoms with van der Waals surface area (Å²) >= 11 is 0. The first-order valence-corrected chi connectivity index (χ1v) is 7.56. The number of nitrogens with two attached hydrogens (primary N) is 1. The summed E-state index contributed by atoms with van der Waals surface area (Å²) < 4.78 is 0. The second-order valence-electron chi connectivity index (χ2n) is 5.52. The molecule has 0 atom stereocenters. The number of fused-ring (bicyclic) bond motifs is 2. The Bertz CT molecular complexity index is 1130. The summed E-state index contributed by atoms with van der Waals surface area (Å²) in [4.78, 5) is 35.3. The first kappa shape index (κ1) is 14.8. The van der Waals surface area contributed by atoms with Crippen LogP contribution < -0.4 is 11.1 Å². The number of rotatable bonds is 3. The van der Waals surface area contributed by atoms with Gasteiger partial charge in [-0.05, 0) is 23.6 Å². The fourth-order valence-corrected chi connectivity index (χ4v) is 2.67. The third-order valence-electron chi connectivity index (χ3n) is 3.87. The molecule has 0 aliphatic carbocycles. The van der Waals surface area contributed by atoms with Crippen molar-refractivity contribution in [3.05, 3.63) is 66.0 Å². The van der Waals surface area contributed by atoms with Gasteiger partial charge >= 0.3 is 0 Å². The van der Waals surface area contributed by atoms with E-state index in [1.165, 1.54) is 0 Å². The van der Waals surface area contributed by atoms with Gasteiger partial charge in [0, 0.05) is 11.6 Å². The number of benzene rings is 2. The number of nitrogens with zero attached hydrogens (tertiary/aromatic N) is 2. The number of carbonyl (C=O) groups is 2. The van der Waals surface area contributed by atoms with Crippen LogP contribution in [0.15, 0.2) is 54.7 Å². The normalized spacial score (nSPS) is 10.9. The molecule has 2 aromatic carbocycles. The van der Waals surface area contributed by atoms with Gasteiger partial charge in [-0.15, -0.1) is 0 Å². The molecule has 0 saturated carbocycles. The highest BCUT2D eigenvalue weighted by molar-refractivity contribution is 6.07. The molecule has 0 radical (unpaired) electrons. The highest BCUT2D eigenvalue weighted by Crippen LogP contribution is 2.19. The zero-order valence-corrected chi connectivity index (χ0v) is 13.0. The summed E-state index contributed by atoms with van der Waals surface area (Å²) in [6.45, 7) is 0. The quantitative estimate of drug-likeness (QED) is 0.535. The topological polar surface area (TPSA) is 114 Å². The van der Waals surface area contributed by atoms with Crippen molar-refractivity contribution in [3.8, 4) is 0 Å². The lowest BCUT2D eigenvalue weighted by atomic mass is 10.1. The van der Waals surface area contributed by atoms with Crippen molar-refractivity contribution >= 4 is 39.6 Å². The van der Waals surface area contributed by atoms with Crippen molar-refractivity contribution in [3.63, 3.8) is 0 Å². The molecule has 0 spiro atoms. The van der Waals surface area contributed by atoms with Gasteiger partial charge in [0.2, 0.25) is 5.95 Å². The van der Waals surface area contributed by atoms with Crippen LogP contribution in [0.5, 0.6) is 0 Å². The molecule has 2 aromatic heterocycles. The highest BCUT2D eigenvalue weighted by Gasteiger charge is 2.14. The molecule has 7 heteroatoms. The molecule has 122 valence electrons. The second kappa shape index (κ2) is 5.72. The molecule has 4 aromatic rings. The minimum absolute atomic E-state index is 0.226. The predicted molar refractivity (Wildman–Crippen MR) is 94.3 cm³/mol. The number of anilines is 1. The number of aromatic nitrogens is 3. The van der Waals surface area contributed by atoms with Gasteiger partial charge in [0.25, 0.3) is 11.8 Å². The summed E-state index contributed by atoms with van der Waals surface area (Å²) in [6, 6.07) is 14.4. The Hall–Kier alpha value is -3.74. The van der Waals surface area contributed by atoms with E-state index >= 15 is 0 Å². The zero-order chi connectivity index (χ0) is 17.4. The maximum atomic E-state index is 12.4. The molecule has 0 bridgehead atoms. The third kappa shape index (κ3) is 2.67. The van der Waals surface area contributed by atoms with E-state index < -0.39 is 11.8 Å². The van der Waals surface area contributed by atoms with Gasteiger partial charge in [-0.1, -0.05) is 30.3 Å². The molecule has 0 fully saturated rings. The van der Waals surface area contributed by atoms with Crippen LogP contribution in [-0.2, 0) is 0 Å². The van der Waals surface area contributed by atoms with Crippen molar-refractivity contribution in [1.82, 2.24) is 15.0 Å². The Labute approximate surface area is 141 Å². The summed E-state index contributed by atoms with van der Waals surface area (Å²) in [5.74, 6) is -0.750. The average molecular weight is 331 g/mol. The largest absolute Gasteiger partial charge is 0.366 e. The zero-order valence-electron chi connectivity index (χ0n) is 13.0. The first-order chi connectivity index (χ1) is 12.1. The van der Waals surface area contributed by atoms with E-state index in [4.69, 9.17) is 5.73 Å². The molecule has 2 amide bonds. The Morgan fingerprint density at radius 1 is 1.04 bits per heavy atom. The Morgan fingerprint density at radius 2 is 1.84 bits per heavy atom. The van der Waals surface area contributed by atoms with Gasteiger partial charge in [-0.25, -0.2) is 4.98 Å². The van der Waals surface area contributed by atoms with E-state index in [0.717, 1.165) is 10.8 Å². The summed E-state index contributed by atoms with van der Waals surface area (Å²) in [7, 11) is 0. The van der Waals surface area contributed by atoms with Crippen molar-refractivity contribution < 1.29 is 9.59 Å². The van der Waals surface area contributed by atoms with Crippen LogP contribution in [-0.4, -0.2) is 26.8 Å². The SMILES string of the molecule is NC(=O)c1cccc2[nH]c(NC(=O)c3cc4ccccc4cn3)nc12. The van der Waals surface area contributed by atoms with Gasteiger partial charge in [0.15, 0.2) is 0 Å². The van der Waals surface area contributed by atoms with E-state index in [-0.39, 0.29) is 17.2 Å². The average Bonchev–Trinajstić information content (AvgIpc) is 3.03. The van der Waals surface area contributed by atoms with E-state index in [9.17, 15) is 9.59 Å². The van der Waals surface area contributed by atoms with Crippen LogP contribution in [0.3, 0.4) is 0 Å². The standard InChI is InChI=1S/C18H13N5O2/c19-16(24)12-6-3-7-13-15(12)22-18(21-13)23-17(25)14-8-10-4-1-2-5-11(10)9-20-14/h1-9H,(H2,19,24)(H2,21,22,23,25). The van der Waals surface area contributed by atoms with Crippen LogP contribution in [0.2, 0.25) is 0 Å². The number of primary amides is 1. The van der Waals surface area contributed by atoms with Crippen molar-refractivity contribution in [2.45, 2.75) is 0 Å². The van der Waals surface area contributed by atoms with E-state index in [1.54, 1.807) is 30.5 Å². The van der Waals surface area contributed by atoms with E-state index in [0.29, 0.717) is 11.0 Å². The van der Waals surface area contributed by atoms with Crippen molar-refractivity contribution in [1.29, 1.82) is 0 Å². The number of para-hydroxylation sites is 1. The molecule has 0 aliphatic heterocycles. The molecular formula is C18H13N5O2. The number of imidazole rings is 1. The first-order valence-electron chi connectivity index (χ1n) is 7.56. The number of carbonyl (C=O) groups excluding carboxylic acids is 2. The molecule has 2 heterocycles. The lowest BCUT2D eigenvalue weighted by Gasteiger charge is -2.03. The highest BCUT2D eigenvalue weighted by atomic mass is 16.2. The molecule has 4 rings (SSSR count). The Balaban J connectivity index is 1.66. The number of amides is 2. The number of aromatic amines is 1. The molecule has 0 saturated heterocycles. The fourth-order valence-electron chi connectivity index (χ4n) is 2.67. The van der Waals surface area contributed by atoms with Crippen LogP contribution in [0, 0.1) is 0 Å². The third-order valence-corrected chi connectivity index (χ3v) is 3.87. The van der Waals surface area contributed by atoms with E-state index in [2.05, 4.69) is 20.3 Å². The maximum absolute atomic E-state index is 12.4. The van der Waals surface area contributed by atoms with Gasteiger partial charge in [-0.2, -0.15) is 0 Å². The summed E-state index contributed by atoms with van der Waals surface area (Å²) in [5.41, 5.74) is 6.93. The lowest BCUT2D eigenvalue weighted by molar-refractivity contribution is 0.0998. The monoisotopic (exact) mass is 331 g/mol. The van der Waals surface area contributed by atoms with Crippen molar-refractivity contribution in [2.24, 2.45) is 5.73 Å². The lowest BCUT2D eigenvalue weighted by Crippen LogP contribution is -2.14. The van der Waals surface area contributed by atoms with Crippen LogP contribution in [0.1, 0.15) is 20.8 Å². The molecule has 0 aliphatic rings. The van der Waals surface area contributed by atoms with Gasteiger partial charge in [0.05, 0.1) is 11.1 Å².